The standard InChI is InChI=1S/C26H24N4O6S2/c1-3-36-26(31)24-22-23(28-29-24)20-6-4-5-7-21(20)30(38(34,35)19-12-8-16(2)9-13-19)25(22)17-10-14-18(15-11-17)37(27,32)33/h4-15,25H,3H2,1-2H3,(H,28,29)(H2,27,32,33). The van der Waals surface area contributed by atoms with Crippen molar-refractivity contribution >= 4 is 31.7 Å². The van der Waals surface area contributed by atoms with E-state index in [1.165, 1.54) is 40.7 Å². The maximum absolute atomic E-state index is 14.3. The Morgan fingerprint density at radius 3 is 2.24 bits per heavy atom. The number of esters is 1. The molecule has 3 aromatic carbocycles. The molecule has 0 aliphatic carbocycles. The summed E-state index contributed by atoms with van der Waals surface area (Å²) in [6.07, 6.45) is 0. The van der Waals surface area contributed by atoms with Gasteiger partial charge in [-0.25, -0.2) is 26.8 Å². The number of ether oxygens (including phenoxy) is 1. The van der Waals surface area contributed by atoms with Gasteiger partial charge in [-0.1, -0.05) is 48.0 Å². The van der Waals surface area contributed by atoms with Crippen LogP contribution in [0.5, 0.6) is 0 Å². The highest BCUT2D eigenvalue weighted by Gasteiger charge is 2.44. The van der Waals surface area contributed by atoms with Crippen LogP contribution >= 0.6 is 0 Å². The number of aromatic amines is 1. The van der Waals surface area contributed by atoms with Crippen LogP contribution in [-0.2, 0) is 24.8 Å². The lowest BCUT2D eigenvalue weighted by atomic mass is 9.89. The van der Waals surface area contributed by atoms with Crippen LogP contribution in [0.1, 0.15) is 40.1 Å². The highest BCUT2D eigenvalue weighted by Crippen LogP contribution is 2.50. The first kappa shape index (κ1) is 25.6. The molecule has 0 bridgehead atoms. The van der Waals surface area contributed by atoms with Gasteiger partial charge in [0.2, 0.25) is 10.0 Å². The van der Waals surface area contributed by atoms with Gasteiger partial charge < -0.3 is 4.74 Å². The van der Waals surface area contributed by atoms with Gasteiger partial charge in [0.05, 0.1) is 28.1 Å². The zero-order chi connectivity index (χ0) is 27.2. The van der Waals surface area contributed by atoms with Gasteiger partial charge in [-0.05, 0) is 49.7 Å². The molecule has 0 spiro atoms. The van der Waals surface area contributed by atoms with Crippen LogP contribution in [0, 0.1) is 6.92 Å². The zero-order valence-corrected chi connectivity index (χ0v) is 22.1. The number of hydrogen-bond donors (Lipinski definition) is 2. The fourth-order valence-electron chi connectivity index (χ4n) is 4.54. The number of rotatable bonds is 6. The zero-order valence-electron chi connectivity index (χ0n) is 20.5. The number of fused-ring (bicyclic) bond motifs is 3. The Hall–Kier alpha value is -4.00. The average molecular weight is 553 g/mol. The normalized spacial score (nSPS) is 15.0. The summed E-state index contributed by atoms with van der Waals surface area (Å²) in [7, 11) is -8.20. The van der Waals surface area contributed by atoms with Crippen molar-refractivity contribution in [2.75, 3.05) is 10.9 Å². The van der Waals surface area contributed by atoms with Crippen LogP contribution in [0.2, 0.25) is 0 Å². The van der Waals surface area contributed by atoms with Crippen LogP contribution < -0.4 is 9.44 Å². The summed E-state index contributed by atoms with van der Waals surface area (Å²) in [5.41, 5.74) is 2.82. The van der Waals surface area contributed by atoms with Gasteiger partial charge in [-0.2, -0.15) is 5.10 Å². The number of aromatic nitrogens is 2. The molecule has 2 heterocycles. The second-order valence-electron chi connectivity index (χ2n) is 8.73. The number of H-pyrrole nitrogens is 1. The molecule has 0 fully saturated rings. The van der Waals surface area contributed by atoms with Gasteiger partial charge in [-0.3, -0.25) is 9.40 Å². The molecule has 0 saturated carbocycles. The highest BCUT2D eigenvalue weighted by molar-refractivity contribution is 7.93. The quantitative estimate of drug-likeness (QED) is 0.347. The molecule has 1 atom stereocenters. The Labute approximate surface area is 220 Å². The molecule has 1 aromatic heterocycles. The number of nitrogens with zero attached hydrogens (tertiary/aromatic N) is 2. The molecule has 38 heavy (non-hydrogen) atoms. The second kappa shape index (κ2) is 9.39. The van der Waals surface area contributed by atoms with E-state index >= 15 is 0 Å². The molecule has 0 saturated heterocycles. The summed E-state index contributed by atoms with van der Waals surface area (Å²) in [5.74, 6) is -0.695. The number of nitrogens with one attached hydrogen (secondary N) is 1. The van der Waals surface area contributed by atoms with E-state index in [0.29, 0.717) is 28.1 Å². The van der Waals surface area contributed by atoms with Gasteiger partial charge in [0.1, 0.15) is 11.4 Å². The van der Waals surface area contributed by atoms with E-state index in [-0.39, 0.29) is 22.1 Å². The lowest BCUT2D eigenvalue weighted by Gasteiger charge is -2.38. The summed E-state index contributed by atoms with van der Waals surface area (Å²) >= 11 is 0. The number of carbonyl (C=O) groups excluding carboxylic acids is 1. The van der Waals surface area contributed by atoms with E-state index in [0.717, 1.165) is 5.56 Å². The van der Waals surface area contributed by atoms with Gasteiger partial charge >= 0.3 is 5.97 Å². The van der Waals surface area contributed by atoms with Crippen molar-refractivity contribution in [1.29, 1.82) is 0 Å². The first-order valence-electron chi connectivity index (χ1n) is 11.6. The minimum atomic E-state index is -4.21. The number of nitrogens with two attached hydrogens (primary N) is 1. The predicted octanol–water partition coefficient (Wildman–Crippen LogP) is 3.51. The van der Waals surface area contributed by atoms with Crippen molar-refractivity contribution in [3.8, 4) is 11.3 Å². The number of benzene rings is 3. The van der Waals surface area contributed by atoms with E-state index in [4.69, 9.17) is 9.88 Å². The molecule has 12 heteroatoms. The average Bonchev–Trinajstić information content (AvgIpc) is 3.33. The fourth-order valence-corrected chi connectivity index (χ4v) is 6.68. The summed E-state index contributed by atoms with van der Waals surface area (Å²) in [6, 6.07) is 17.7. The third kappa shape index (κ3) is 4.26. The molecule has 1 aliphatic heterocycles. The van der Waals surface area contributed by atoms with Crippen molar-refractivity contribution in [2.45, 2.75) is 29.7 Å². The first-order chi connectivity index (χ1) is 18.0. The maximum atomic E-state index is 14.3. The van der Waals surface area contributed by atoms with E-state index in [1.54, 1.807) is 43.3 Å². The molecular formula is C26H24N4O6S2. The van der Waals surface area contributed by atoms with Gasteiger partial charge in [-0.15, -0.1) is 0 Å². The number of para-hydroxylation sites is 1. The predicted molar refractivity (Wildman–Crippen MR) is 140 cm³/mol. The van der Waals surface area contributed by atoms with Crippen LogP contribution in [0.15, 0.2) is 82.6 Å². The summed E-state index contributed by atoms with van der Waals surface area (Å²) in [4.78, 5) is 12.9. The molecule has 5 rings (SSSR count). The van der Waals surface area contributed by atoms with E-state index in [9.17, 15) is 21.6 Å². The lowest BCUT2D eigenvalue weighted by Crippen LogP contribution is -2.38. The molecular weight excluding hydrogens is 528 g/mol. The number of primary sulfonamides is 1. The van der Waals surface area contributed by atoms with Crippen LogP contribution in [0.4, 0.5) is 5.69 Å². The smallest absolute Gasteiger partial charge is 0.356 e. The first-order valence-corrected chi connectivity index (χ1v) is 14.6. The third-order valence-electron chi connectivity index (χ3n) is 6.29. The summed E-state index contributed by atoms with van der Waals surface area (Å²) in [6.45, 7) is 3.61. The van der Waals surface area contributed by atoms with Crippen LogP contribution in [0.25, 0.3) is 11.3 Å². The fraction of sp³-hybridized carbons (Fsp3) is 0.154. The number of anilines is 1. The Morgan fingerprint density at radius 1 is 0.974 bits per heavy atom. The molecule has 196 valence electrons. The highest BCUT2D eigenvalue weighted by atomic mass is 32.2. The van der Waals surface area contributed by atoms with Crippen molar-refractivity contribution in [3.63, 3.8) is 0 Å². The Morgan fingerprint density at radius 2 is 1.61 bits per heavy atom. The van der Waals surface area contributed by atoms with E-state index in [2.05, 4.69) is 10.2 Å². The minimum absolute atomic E-state index is 0.000909. The topological polar surface area (TPSA) is 153 Å². The maximum Gasteiger partial charge on any atom is 0.356 e. The molecule has 3 N–H and O–H groups in total. The summed E-state index contributed by atoms with van der Waals surface area (Å²) < 4.78 is 58.8. The summed E-state index contributed by atoms with van der Waals surface area (Å²) in [5, 5.41) is 12.4. The monoisotopic (exact) mass is 552 g/mol. The van der Waals surface area contributed by atoms with Crippen molar-refractivity contribution in [2.24, 2.45) is 5.14 Å². The van der Waals surface area contributed by atoms with Crippen molar-refractivity contribution < 1.29 is 26.4 Å². The van der Waals surface area contributed by atoms with Crippen LogP contribution in [-0.4, -0.2) is 39.6 Å². The Balaban J connectivity index is 1.82. The Kier molecular flexibility index (Phi) is 6.33. The van der Waals surface area contributed by atoms with Crippen molar-refractivity contribution in [1.82, 2.24) is 10.2 Å². The van der Waals surface area contributed by atoms with Gasteiger partial charge in [0.25, 0.3) is 10.0 Å². The molecule has 1 unspecified atom stereocenters. The number of carbonyl (C=O) groups is 1. The number of aryl methyl sites for hydroxylation is 1. The van der Waals surface area contributed by atoms with E-state index in [1.807, 2.05) is 6.92 Å². The minimum Gasteiger partial charge on any atom is -0.461 e. The van der Waals surface area contributed by atoms with Gasteiger partial charge in [0, 0.05) is 11.1 Å². The Bertz CT molecular complexity index is 1750. The molecule has 4 aromatic rings. The lowest BCUT2D eigenvalue weighted by molar-refractivity contribution is 0.0517. The van der Waals surface area contributed by atoms with Gasteiger partial charge in [0.15, 0.2) is 0 Å². The third-order valence-corrected chi connectivity index (χ3v) is 9.01. The number of hydrogen-bond acceptors (Lipinski definition) is 7. The molecule has 0 radical (unpaired) electrons. The number of sulfonamides is 2. The largest absolute Gasteiger partial charge is 0.461 e. The van der Waals surface area contributed by atoms with Crippen LogP contribution in [0.3, 0.4) is 0 Å². The van der Waals surface area contributed by atoms with E-state index < -0.39 is 32.1 Å². The molecule has 10 nitrogen and oxygen atoms in total. The SMILES string of the molecule is CCOC(=O)c1[nH]nc2c1C(c1ccc(S(N)(=O)=O)cc1)N(S(=O)(=O)c1ccc(C)cc1)c1ccccc1-2. The second-order valence-corrected chi connectivity index (χ2v) is 12.1. The van der Waals surface area contributed by atoms with Crippen molar-refractivity contribution in [3.05, 3.63) is 95.2 Å². The molecule has 0 amide bonds. The molecule has 1 aliphatic rings.